The zero-order valence-electron chi connectivity index (χ0n) is 9.40. The summed E-state index contributed by atoms with van der Waals surface area (Å²) in [5, 5.41) is 9.85. The predicted molar refractivity (Wildman–Crippen MR) is 61.0 cm³/mol. The first-order chi connectivity index (χ1) is 7.07. The average molecular weight is 206 g/mol. The van der Waals surface area contributed by atoms with Crippen molar-refractivity contribution >= 4 is 5.82 Å². The largest absolute Gasteiger partial charge is 0.390 e. The molecule has 3 nitrogen and oxygen atoms in total. The molecule has 0 atom stereocenters. The summed E-state index contributed by atoms with van der Waals surface area (Å²) in [6, 6.07) is 6.07. The molecule has 15 heavy (non-hydrogen) atoms. The Hall–Kier alpha value is -1.09. The van der Waals surface area contributed by atoms with E-state index < -0.39 is 5.60 Å². The van der Waals surface area contributed by atoms with Crippen LogP contribution in [0.2, 0.25) is 0 Å². The Kier molecular flexibility index (Phi) is 2.65. The fraction of sp³-hybridized carbons (Fsp3) is 0.583. The Morgan fingerprint density at radius 3 is 2.60 bits per heavy atom. The minimum Gasteiger partial charge on any atom is -0.390 e. The van der Waals surface area contributed by atoms with Crippen LogP contribution in [0.5, 0.6) is 0 Å². The Bertz CT molecular complexity index is 339. The monoisotopic (exact) mass is 206 g/mol. The third-order valence-corrected chi connectivity index (χ3v) is 3.04. The summed E-state index contributed by atoms with van der Waals surface area (Å²) in [4.78, 5) is 6.73. The van der Waals surface area contributed by atoms with Gasteiger partial charge in [0.1, 0.15) is 5.82 Å². The molecule has 0 amide bonds. The average Bonchev–Trinajstić information content (AvgIpc) is 2.17. The molecule has 1 aromatic rings. The van der Waals surface area contributed by atoms with Crippen molar-refractivity contribution in [2.24, 2.45) is 0 Å². The molecule has 1 fully saturated rings. The van der Waals surface area contributed by atoms with Crippen molar-refractivity contribution in [3.05, 3.63) is 23.9 Å². The number of rotatable bonds is 1. The maximum Gasteiger partial charge on any atom is 0.128 e. The van der Waals surface area contributed by atoms with Crippen molar-refractivity contribution in [2.75, 3.05) is 18.0 Å². The lowest BCUT2D eigenvalue weighted by Crippen LogP contribution is -2.42. The van der Waals surface area contributed by atoms with Crippen molar-refractivity contribution in [2.45, 2.75) is 32.3 Å². The van der Waals surface area contributed by atoms with E-state index >= 15 is 0 Å². The summed E-state index contributed by atoms with van der Waals surface area (Å²) >= 11 is 0. The maximum absolute atomic E-state index is 9.85. The predicted octanol–water partition coefficient (Wildman–Crippen LogP) is 1.74. The molecule has 2 heterocycles. The quantitative estimate of drug-likeness (QED) is 0.760. The first-order valence-electron chi connectivity index (χ1n) is 5.48. The summed E-state index contributed by atoms with van der Waals surface area (Å²) in [7, 11) is 0. The topological polar surface area (TPSA) is 36.4 Å². The van der Waals surface area contributed by atoms with Gasteiger partial charge in [-0.15, -0.1) is 0 Å². The minimum atomic E-state index is -0.486. The molecule has 0 unspecified atom stereocenters. The summed E-state index contributed by atoms with van der Waals surface area (Å²) in [6.45, 7) is 5.70. The van der Waals surface area contributed by atoms with Crippen LogP contribution in [0.4, 0.5) is 5.82 Å². The van der Waals surface area contributed by atoms with E-state index in [9.17, 15) is 5.11 Å². The number of aryl methyl sites for hydroxylation is 1. The highest BCUT2D eigenvalue weighted by atomic mass is 16.3. The highest BCUT2D eigenvalue weighted by Gasteiger charge is 2.27. The molecule has 1 aliphatic heterocycles. The van der Waals surface area contributed by atoms with Gasteiger partial charge in [-0.1, -0.05) is 6.07 Å². The Morgan fingerprint density at radius 2 is 2.00 bits per heavy atom. The zero-order valence-corrected chi connectivity index (χ0v) is 9.40. The minimum absolute atomic E-state index is 0.486. The van der Waals surface area contributed by atoms with Crippen LogP contribution in [-0.2, 0) is 0 Å². The zero-order chi connectivity index (χ0) is 10.9. The van der Waals surface area contributed by atoms with Gasteiger partial charge in [-0.05, 0) is 38.8 Å². The summed E-state index contributed by atoms with van der Waals surface area (Å²) in [6.07, 6.45) is 1.64. The van der Waals surface area contributed by atoms with Gasteiger partial charge in [-0.3, -0.25) is 0 Å². The van der Waals surface area contributed by atoms with Gasteiger partial charge in [-0.2, -0.15) is 0 Å². The smallest absolute Gasteiger partial charge is 0.128 e. The van der Waals surface area contributed by atoms with Crippen LogP contribution in [0.3, 0.4) is 0 Å². The SMILES string of the molecule is Cc1cccc(N2CCC(C)(O)CC2)n1. The lowest BCUT2D eigenvalue weighted by atomic mass is 9.94. The molecule has 0 spiro atoms. The molecule has 3 heteroatoms. The van der Waals surface area contributed by atoms with E-state index in [0.717, 1.165) is 37.4 Å². The molecule has 1 aromatic heterocycles. The molecule has 82 valence electrons. The van der Waals surface area contributed by atoms with Crippen LogP contribution in [0.15, 0.2) is 18.2 Å². The molecule has 1 N–H and O–H groups in total. The van der Waals surface area contributed by atoms with Crippen LogP contribution < -0.4 is 4.90 Å². The van der Waals surface area contributed by atoms with Gasteiger partial charge in [0.2, 0.25) is 0 Å². The van der Waals surface area contributed by atoms with Crippen LogP contribution in [0.25, 0.3) is 0 Å². The summed E-state index contributed by atoms with van der Waals surface area (Å²) < 4.78 is 0. The third kappa shape index (κ3) is 2.48. The number of nitrogens with zero attached hydrogens (tertiary/aromatic N) is 2. The highest BCUT2D eigenvalue weighted by molar-refractivity contribution is 5.39. The van der Waals surface area contributed by atoms with Gasteiger partial charge in [0.15, 0.2) is 0 Å². The number of aliphatic hydroxyl groups is 1. The van der Waals surface area contributed by atoms with Gasteiger partial charge in [-0.25, -0.2) is 4.98 Å². The van der Waals surface area contributed by atoms with Gasteiger partial charge >= 0.3 is 0 Å². The third-order valence-electron chi connectivity index (χ3n) is 3.04. The van der Waals surface area contributed by atoms with E-state index in [0.29, 0.717) is 0 Å². The molecule has 2 rings (SSSR count). The van der Waals surface area contributed by atoms with Crippen LogP contribution >= 0.6 is 0 Å². The lowest BCUT2D eigenvalue weighted by Gasteiger charge is -2.36. The van der Waals surface area contributed by atoms with E-state index in [4.69, 9.17) is 0 Å². The molecular formula is C12H18N2O. The second kappa shape index (κ2) is 3.81. The fourth-order valence-corrected chi connectivity index (χ4v) is 1.92. The van der Waals surface area contributed by atoms with Crippen molar-refractivity contribution < 1.29 is 5.11 Å². The number of pyridine rings is 1. The van der Waals surface area contributed by atoms with E-state index in [2.05, 4.69) is 9.88 Å². The van der Waals surface area contributed by atoms with Gasteiger partial charge in [0, 0.05) is 18.8 Å². The molecule has 0 aromatic carbocycles. The number of anilines is 1. The number of hydrogen-bond donors (Lipinski definition) is 1. The summed E-state index contributed by atoms with van der Waals surface area (Å²) in [5.74, 6) is 1.03. The molecule has 1 saturated heterocycles. The highest BCUT2D eigenvalue weighted by Crippen LogP contribution is 2.24. The van der Waals surface area contributed by atoms with Crippen LogP contribution in [0, 0.1) is 6.92 Å². The number of hydrogen-bond acceptors (Lipinski definition) is 3. The van der Waals surface area contributed by atoms with E-state index in [1.165, 1.54) is 0 Å². The maximum atomic E-state index is 9.85. The van der Waals surface area contributed by atoms with Crippen LogP contribution in [-0.4, -0.2) is 28.8 Å². The number of piperidine rings is 1. The van der Waals surface area contributed by atoms with Crippen molar-refractivity contribution in [1.82, 2.24) is 4.98 Å². The standard InChI is InChI=1S/C12H18N2O/c1-10-4-3-5-11(13-10)14-8-6-12(2,15)7-9-14/h3-5,15H,6-9H2,1-2H3. The Balaban J connectivity index is 2.08. The van der Waals surface area contributed by atoms with Crippen LogP contribution in [0.1, 0.15) is 25.5 Å². The van der Waals surface area contributed by atoms with Crippen molar-refractivity contribution in [3.63, 3.8) is 0 Å². The second-order valence-corrected chi connectivity index (χ2v) is 4.62. The van der Waals surface area contributed by atoms with Crippen molar-refractivity contribution in [1.29, 1.82) is 0 Å². The second-order valence-electron chi connectivity index (χ2n) is 4.62. The fourth-order valence-electron chi connectivity index (χ4n) is 1.92. The van der Waals surface area contributed by atoms with E-state index in [1.807, 2.05) is 32.0 Å². The molecule has 0 radical (unpaired) electrons. The first kappa shape index (κ1) is 10.4. The number of aromatic nitrogens is 1. The molecule has 1 aliphatic rings. The first-order valence-corrected chi connectivity index (χ1v) is 5.48. The van der Waals surface area contributed by atoms with Gasteiger partial charge < -0.3 is 10.0 Å². The van der Waals surface area contributed by atoms with E-state index in [1.54, 1.807) is 0 Å². The lowest BCUT2D eigenvalue weighted by molar-refractivity contribution is 0.0350. The molecule has 0 saturated carbocycles. The Morgan fingerprint density at radius 1 is 1.33 bits per heavy atom. The van der Waals surface area contributed by atoms with E-state index in [-0.39, 0.29) is 0 Å². The van der Waals surface area contributed by atoms with Gasteiger partial charge in [0.05, 0.1) is 5.60 Å². The normalized spacial score (nSPS) is 20.3. The molecule has 0 bridgehead atoms. The molecule has 0 aliphatic carbocycles. The molecular weight excluding hydrogens is 188 g/mol. The summed E-state index contributed by atoms with van der Waals surface area (Å²) in [5.41, 5.74) is 0.560. The van der Waals surface area contributed by atoms with Crippen molar-refractivity contribution in [3.8, 4) is 0 Å². The van der Waals surface area contributed by atoms with Gasteiger partial charge in [0.25, 0.3) is 0 Å². The Labute approximate surface area is 90.8 Å².